The molecule has 0 radical (unpaired) electrons. The summed E-state index contributed by atoms with van der Waals surface area (Å²) in [6.45, 7) is 5.36. The van der Waals surface area contributed by atoms with Crippen LogP contribution in [0, 0.1) is 5.92 Å². The zero-order valence-electron chi connectivity index (χ0n) is 25.0. The Morgan fingerprint density at radius 3 is 2.30 bits per heavy atom. The minimum absolute atomic E-state index is 0.139. The van der Waals surface area contributed by atoms with Gasteiger partial charge in [-0.25, -0.2) is 0 Å². The number of pyridine rings is 1. The van der Waals surface area contributed by atoms with E-state index in [0.29, 0.717) is 36.6 Å². The van der Waals surface area contributed by atoms with E-state index in [2.05, 4.69) is 9.88 Å². The zero-order chi connectivity index (χ0) is 30.1. The van der Waals surface area contributed by atoms with Crippen molar-refractivity contribution in [1.29, 1.82) is 0 Å². The Labute approximate surface area is 252 Å². The van der Waals surface area contributed by atoms with Gasteiger partial charge in [0.2, 0.25) is 11.8 Å². The molecule has 2 bridgehead atoms. The summed E-state index contributed by atoms with van der Waals surface area (Å²) in [5.41, 5.74) is -1.48. The highest BCUT2D eigenvalue weighted by atomic mass is 31.2. The van der Waals surface area contributed by atoms with Gasteiger partial charge >= 0.3 is 0 Å². The Bertz CT molecular complexity index is 1550. The van der Waals surface area contributed by atoms with Gasteiger partial charge < -0.3 is 33.7 Å². The molecule has 0 amide bonds. The SMILES string of the molecule is COc1cc2c(c(OC)n1)[C@]1(O)[C@H](O)[C@H](CN3[C@@H]4CC[C@H]3COC4)[C@@H](c3ccccc3)[C@]1(c1ccc(P(C)(C)=O)cc1)O2. The van der Waals surface area contributed by atoms with Crippen LogP contribution in [0.4, 0.5) is 0 Å². The standard InChI is InChI=1S/C33H39N2O7P/c1-39-27-16-26-29(31(34-27)40-2)32(37)30(36)25(17-35-22-12-13-23(35)19-41-18-22)28(20-8-6-5-7-9-20)33(32,42-26)21-10-14-24(15-11-21)43(3,4)38/h5-11,14-16,22-23,25,28,30,36-37H,12-13,17-19H2,1-4H3/t22-,23+,25-,28-,30-,32+,33+/m1/s1. The third-order valence-corrected chi connectivity index (χ3v) is 11.7. The molecule has 1 aromatic heterocycles. The average Bonchev–Trinajstić information content (AvgIpc) is 3.47. The van der Waals surface area contributed by atoms with Gasteiger partial charge in [0.1, 0.15) is 12.9 Å². The topological polar surface area (TPSA) is 111 Å². The van der Waals surface area contributed by atoms with Gasteiger partial charge in [-0.15, -0.1) is 0 Å². The van der Waals surface area contributed by atoms with Gasteiger partial charge in [0, 0.05) is 41.8 Å². The van der Waals surface area contributed by atoms with Gasteiger partial charge in [0.25, 0.3) is 0 Å². The lowest BCUT2D eigenvalue weighted by atomic mass is 9.71. The van der Waals surface area contributed by atoms with Crippen molar-refractivity contribution in [1.82, 2.24) is 9.88 Å². The van der Waals surface area contributed by atoms with E-state index >= 15 is 0 Å². The van der Waals surface area contributed by atoms with Gasteiger partial charge in [-0.2, -0.15) is 4.98 Å². The van der Waals surface area contributed by atoms with Crippen molar-refractivity contribution in [3.05, 3.63) is 77.4 Å². The summed E-state index contributed by atoms with van der Waals surface area (Å²) < 4.78 is 37.1. The number of nitrogens with zero attached hydrogens (tertiary/aromatic N) is 2. The molecule has 3 aromatic rings. The molecule has 9 nitrogen and oxygen atoms in total. The minimum atomic E-state index is -2.55. The second kappa shape index (κ2) is 10.3. The lowest BCUT2D eigenvalue weighted by Gasteiger charge is -2.41. The Balaban J connectivity index is 1.48. The summed E-state index contributed by atoms with van der Waals surface area (Å²) in [4.78, 5) is 6.97. The molecule has 10 heteroatoms. The maximum Gasteiger partial charge on any atom is 0.226 e. The molecule has 4 aliphatic rings. The number of aromatic nitrogens is 1. The lowest BCUT2D eigenvalue weighted by Crippen LogP contribution is -2.52. The quantitative estimate of drug-likeness (QED) is 0.391. The van der Waals surface area contributed by atoms with Gasteiger partial charge in [0.05, 0.1) is 39.1 Å². The first-order valence-electron chi connectivity index (χ1n) is 14.9. The predicted octanol–water partition coefficient (Wildman–Crippen LogP) is 3.46. The first-order valence-corrected chi connectivity index (χ1v) is 17.5. The van der Waals surface area contributed by atoms with E-state index in [0.717, 1.165) is 23.7 Å². The number of fused-ring (bicyclic) bond motifs is 5. The molecule has 0 unspecified atom stereocenters. The van der Waals surface area contributed by atoms with Crippen LogP contribution in [-0.2, 0) is 20.5 Å². The Morgan fingerprint density at radius 2 is 1.70 bits per heavy atom. The second-order valence-electron chi connectivity index (χ2n) is 12.7. The van der Waals surface area contributed by atoms with Crippen molar-refractivity contribution >= 4 is 12.4 Å². The molecule has 43 heavy (non-hydrogen) atoms. The molecule has 4 heterocycles. The lowest BCUT2D eigenvalue weighted by molar-refractivity contribution is -0.153. The molecule has 2 aromatic carbocycles. The molecular formula is C33H39N2O7P. The third kappa shape index (κ3) is 4.12. The molecule has 3 aliphatic heterocycles. The van der Waals surface area contributed by atoms with Crippen LogP contribution < -0.4 is 19.5 Å². The van der Waals surface area contributed by atoms with Crippen LogP contribution in [0.5, 0.6) is 17.5 Å². The van der Waals surface area contributed by atoms with Crippen LogP contribution in [-0.4, -0.2) is 85.6 Å². The van der Waals surface area contributed by atoms with E-state index in [1.165, 1.54) is 14.2 Å². The highest BCUT2D eigenvalue weighted by Gasteiger charge is 2.77. The predicted molar refractivity (Wildman–Crippen MR) is 162 cm³/mol. The molecule has 2 saturated heterocycles. The maximum atomic E-state index is 13.2. The normalized spacial score (nSPS) is 33.1. The number of ether oxygens (including phenoxy) is 4. The number of rotatable bonds is 7. The van der Waals surface area contributed by atoms with Crippen LogP contribution in [0.1, 0.15) is 35.4 Å². The summed E-state index contributed by atoms with van der Waals surface area (Å²) in [6, 6.07) is 19.6. The molecule has 7 atom stereocenters. The van der Waals surface area contributed by atoms with Crippen molar-refractivity contribution in [3.8, 4) is 17.5 Å². The van der Waals surface area contributed by atoms with Gasteiger partial charge in [-0.3, -0.25) is 4.90 Å². The molecule has 0 spiro atoms. The van der Waals surface area contributed by atoms with Gasteiger partial charge in [0.15, 0.2) is 11.2 Å². The summed E-state index contributed by atoms with van der Waals surface area (Å²) in [5.74, 6) is -0.136. The van der Waals surface area contributed by atoms with Crippen molar-refractivity contribution in [2.45, 2.75) is 48.1 Å². The van der Waals surface area contributed by atoms with E-state index in [1.54, 1.807) is 19.4 Å². The van der Waals surface area contributed by atoms with Crippen molar-refractivity contribution < 1.29 is 33.7 Å². The van der Waals surface area contributed by atoms with Crippen LogP contribution in [0.25, 0.3) is 0 Å². The number of benzene rings is 2. The third-order valence-electron chi connectivity index (χ3n) is 10.1. The first-order chi connectivity index (χ1) is 20.6. The van der Waals surface area contributed by atoms with Crippen LogP contribution in [0.15, 0.2) is 60.7 Å². The molecular weight excluding hydrogens is 567 g/mol. The number of hydrogen-bond donors (Lipinski definition) is 2. The Morgan fingerprint density at radius 1 is 1.02 bits per heavy atom. The van der Waals surface area contributed by atoms with E-state index in [-0.39, 0.29) is 23.8 Å². The molecule has 228 valence electrons. The largest absolute Gasteiger partial charge is 0.481 e. The van der Waals surface area contributed by atoms with E-state index in [1.807, 2.05) is 54.6 Å². The fourth-order valence-electron chi connectivity index (χ4n) is 8.19. The number of aliphatic hydroxyl groups is 2. The number of methoxy groups -OCH3 is 2. The summed E-state index contributed by atoms with van der Waals surface area (Å²) >= 11 is 0. The monoisotopic (exact) mass is 606 g/mol. The Hall–Kier alpha value is -2.94. The van der Waals surface area contributed by atoms with E-state index < -0.39 is 36.3 Å². The fraction of sp³-hybridized carbons (Fsp3) is 0.485. The molecule has 1 aliphatic carbocycles. The molecule has 1 saturated carbocycles. The highest BCUT2D eigenvalue weighted by Crippen LogP contribution is 2.70. The van der Waals surface area contributed by atoms with Crippen molar-refractivity contribution in [3.63, 3.8) is 0 Å². The highest BCUT2D eigenvalue weighted by molar-refractivity contribution is 7.70. The second-order valence-corrected chi connectivity index (χ2v) is 15.9. The van der Waals surface area contributed by atoms with Crippen LogP contribution in [0.3, 0.4) is 0 Å². The van der Waals surface area contributed by atoms with Crippen LogP contribution in [0.2, 0.25) is 0 Å². The van der Waals surface area contributed by atoms with Crippen LogP contribution >= 0.6 is 7.14 Å². The van der Waals surface area contributed by atoms with E-state index in [9.17, 15) is 14.8 Å². The summed E-state index contributed by atoms with van der Waals surface area (Å²) in [5, 5.41) is 26.5. The zero-order valence-corrected chi connectivity index (χ0v) is 25.9. The Kier molecular flexibility index (Phi) is 6.91. The number of hydrogen-bond acceptors (Lipinski definition) is 9. The first kappa shape index (κ1) is 28.8. The number of aliphatic hydroxyl groups excluding tert-OH is 1. The molecule has 7 rings (SSSR count). The molecule has 2 N–H and O–H groups in total. The van der Waals surface area contributed by atoms with E-state index in [4.69, 9.17) is 18.9 Å². The minimum Gasteiger partial charge on any atom is -0.481 e. The summed E-state index contributed by atoms with van der Waals surface area (Å²) in [6.07, 6.45) is 0.852. The van der Waals surface area contributed by atoms with Gasteiger partial charge in [-0.05, 0) is 37.3 Å². The molecule has 3 fully saturated rings. The average molecular weight is 607 g/mol. The van der Waals surface area contributed by atoms with Crippen molar-refractivity contribution in [2.24, 2.45) is 5.92 Å². The van der Waals surface area contributed by atoms with Crippen molar-refractivity contribution in [2.75, 3.05) is 47.3 Å². The maximum absolute atomic E-state index is 13.2. The smallest absolute Gasteiger partial charge is 0.226 e. The fourth-order valence-corrected chi connectivity index (χ4v) is 9.06. The van der Waals surface area contributed by atoms with Gasteiger partial charge in [-0.1, -0.05) is 54.6 Å². The summed E-state index contributed by atoms with van der Waals surface area (Å²) in [7, 11) is 0.449. The number of morpholine rings is 1.